The normalized spacial score (nSPS) is 17.5. The molecule has 2 aromatic rings. The van der Waals surface area contributed by atoms with Gasteiger partial charge in [-0.25, -0.2) is 0 Å². The molecule has 22 heavy (non-hydrogen) atoms. The molecule has 0 saturated carbocycles. The zero-order valence-corrected chi connectivity index (χ0v) is 14.1. The third kappa shape index (κ3) is 3.25. The lowest BCUT2D eigenvalue weighted by Crippen LogP contribution is -2.08. The Kier molecular flexibility index (Phi) is 4.63. The molecule has 7 heteroatoms. The minimum Gasteiger partial charge on any atom is -0.465 e. The number of aryl methyl sites for hydroxylation is 2. The van der Waals surface area contributed by atoms with Crippen LogP contribution in [0.3, 0.4) is 0 Å². The molecular formula is C15H17N3O2S2. The third-order valence-corrected chi connectivity index (χ3v) is 5.68. The summed E-state index contributed by atoms with van der Waals surface area (Å²) < 4.78 is 5.76. The van der Waals surface area contributed by atoms with Crippen LogP contribution in [0.1, 0.15) is 24.5 Å². The smallest absolute Gasteiger partial charge is 0.319 e. The van der Waals surface area contributed by atoms with Crippen LogP contribution in [-0.2, 0) is 16.0 Å². The molecule has 1 aromatic carbocycles. The Balaban J connectivity index is 1.73. The van der Waals surface area contributed by atoms with Gasteiger partial charge in [0.25, 0.3) is 0 Å². The highest BCUT2D eigenvalue weighted by Crippen LogP contribution is 2.34. The number of esters is 1. The average molecular weight is 335 g/mol. The van der Waals surface area contributed by atoms with E-state index in [1.165, 1.54) is 34.2 Å². The Morgan fingerprint density at radius 3 is 3.05 bits per heavy atom. The van der Waals surface area contributed by atoms with Gasteiger partial charge >= 0.3 is 5.97 Å². The van der Waals surface area contributed by atoms with Gasteiger partial charge < -0.3 is 10.1 Å². The highest BCUT2D eigenvalue weighted by Gasteiger charge is 2.28. The fourth-order valence-corrected chi connectivity index (χ4v) is 4.29. The van der Waals surface area contributed by atoms with Crippen molar-refractivity contribution >= 4 is 39.9 Å². The molecule has 0 spiro atoms. The van der Waals surface area contributed by atoms with E-state index in [4.69, 9.17) is 4.74 Å². The summed E-state index contributed by atoms with van der Waals surface area (Å²) in [5, 5.41) is 12.3. The van der Waals surface area contributed by atoms with Gasteiger partial charge in [0.1, 0.15) is 5.25 Å². The maximum atomic E-state index is 11.5. The van der Waals surface area contributed by atoms with Crippen LogP contribution < -0.4 is 5.32 Å². The van der Waals surface area contributed by atoms with E-state index in [2.05, 4.69) is 47.6 Å². The van der Waals surface area contributed by atoms with Crippen LogP contribution in [0.5, 0.6) is 0 Å². The summed E-state index contributed by atoms with van der Waals surface area (Å²) in [7, 11) is 0. The number of hydrogen-bond acceptors (Lipinski definition) is 7. The number of rotatable bonds is 5. The molecule has 1 N–H and O–H groups in total. The Morgan fingerprint density at radius 1 is 1.45 bits per heavy atom. The summed E-state index contributed by atoms with van der Waals surface area (Å²) in [4.78, 5) is 11.5. The van der Waals surface area contributed by atoms with Crippen LogP contribution in [-0.4, -0.2) is 28.0 Å². The van der Waals surface area contributed by atoms with Gasteiger partial charge in [0.15, 0.2) is 4.34 Å². The van der Waals surface area contributed by atoms with Crippen molar-refractivity contribution in [2.24, 2.45) is 0 Å². The van der Waals surface area contributed by atoms with Gasteiger partial charge in [0.05, 0.1) is 6.61 Å². The molecule has 0 unspecified atom stereocenters. The van der Waals surface area contributed by atoms with Crippen molar-refractivity contribution in [2.75, 3.05) is 11.9 Å². The number of benzene rings is 1. The number of nitrogens with one attached hydrogen (secondary N) is 1. The number of cyclic esters (lactones) is 1. The van der Waals surface area contributed by atoms with E-state index >= 15 is 0 Å². The van der Waals surface area contributed by atoms with Crippen LogP contribution in [0, 0.1) is 6.92 Å². The van der Waals surface area contributed by atoms with Crippen LogP contribution in [0.4, 0.5) is 10.8 Å². The van der Waals surface area contributed by atoms with Gasteiger partial charge in [-0.3, -0.25) is 4.79 Å². The zero-order valence-electron chi connectivity index (χ0n) is 12.5. The number of thioether (sulfide) groups is 1. The van der Waals surface area contributed by atoms with Crippen molar-refractivity contribution in [1.82, 2.24) is 10.2 Å². The first-order valence-electron chi connectivity index (χ1n) is 7.19. The number of carbonyl (C=O) groups is 1. The molecule has 1 atom stereocenters. The second kappa shape index (κ2) is 6.66. The molecule has 0 amide bonds. The van der Waals surface area contributed by atoms with Gasteiger partial charge in [-0.05, 0) is 24.5 Å². The van der Waals surface area contributed by atoms with Gasteiger partial charge in [0.2, 0.25) is 5.13 Å². The topological polar surface area (TPSA) is 64.1 Å². The Morgan fingerprint density at radius 2 is 2.32 bits per heavy atom. The molecule has 5 nitrogen and oxygen atoms in total. The van der Waals surface area contributed by atoms with E-state index in [0.29, 0.717) is 6.61 Å². The lowest BCUT2D eigenvalue weighted by atomic mass is 10.1. The average Bonchev–Trinajstić information content (AvgIpc) is 3.11. The van der Waals surface area contributed by atoms with Crippen LogP contribution in [0.25, 0.3) is 0 Å². The van der Waals surface area contributed by atoms with Gasteiger partial charge in [-0.1, -0.05) is 48.2 Å². The second-order valence-corrected chi connectivity index (χ2v) is 7.45. The maximum absolute atomic E-state index is 11.5. The number of nitrogens with zero attached hydrogens (tertiary/aromatic N) is 2. The molecule has 1 saturated heterocycles. The van der Waals surface area contributed by atoms with E-state index in [1.807, 2.05) is 0 Å². The first kappa shape index (κ1) is 15.3. The molecule has 1 fully saturated rings. The number of ether oxygens (including phenoxy) is 1. The Hall–Kier alpha value is -1.60. The fraction of sp³-hybridized carbons (Fsp3) is 0.400. The van der Waals surface area contributed by atoms with Crippen molar-refractivity contribution in [3.63, 3.8) is 0 Å². The molecule has 3 rings (SSSR count). The second-order valence-electron chi connectivity index (χ2n) is 5.02. The Bertz CT molecular complexity index is 687. The summed E-state index contributed by atoms with van der Waals surface area (Å²) in [6, 6.07) is 6.25. The summed E-state index contributed by atoms with van der Waals surface area (Å²) in [5.41, 5.74) is 3.53. The lowest BCUT2D eigenvalue weighted by Gasteiger charge is -2.11. The van der Waals surface area contributed by atoms with E-state index in [0.717, 1.165) is 28.0 Å². The number of carbonyl (C=O) groups excluding carboxylic acids is 1. The molecule has 0 radical (unpaired) electrons. The molecule has 2 heterocycles. The Labute approximate surface area is 137 Å². The quantitative estimate of drug-likeness (QED) is 0.843. The van der Waals surface area contributed by atoms with Crippen molar-refractivity contribution < 1.29 is 9.53 Å². The molecule has 1 aliphatic heterocycles. The van der Waals surface area contributed by atoms with Crippen LogP contribution >= 0.6 is 23.1 Å². The zero-order chi connectivity index (χ0) is 15.5. The van der Waals surface area contributed by atoms with Crippen molar-refractivity contribution in [1.29, 1.82) is 0 Å². The molecule has 116 valence electrons. The standard InChI is InChI=1S/C15H17N3O2S2/c1-3-10-6-4-5-9(2)12(10)16-14-17-18-15(22-14)21-11-7-8-20-13(11)19/h4-6,11H,3,7-8H2,1-2H3,(H,16,17)/t11-/m1/s1. The third-order valence-electron chi connectivity index (χ3n) is 3.51. The van der Waals surface area contributed by atoms with E-state index in [1.54, 1.807) is 0 Å². The number of aromatic nitrogens is 2. The van der Waals surface area contributed by atoms with Crippen LogP contribution in [0.15, 0.2) is 22.5 Å². The summed E-state index contributed by atoms with van der Waals surface area (Å²) >= 11 is 2.90. The highest BCUT2D eigenvalue weighted by molar-refractivity contribution is 8.02. The monoisotopic (exact) mass is 335 g/mol. The lowest BCUT2D eigenvalue weighted by molar-refractivity contribution is -0.137. The molecule has 0 bridgehead atoms. The van der Waals surface area contributed by atoms with E-state index in [-0.39, 0.29) is 11.2 Å². The fourth-order valence-electron chi connectivity index (χ4n) is 2.32. The van der Waals surface area contributed by atoms with Crippen molar-refractivity contribution in [3.05, 3.63) is 29.3 Å². The molecule has 0 aliphatic carbocycles. The largest absolute Gasteiger partial charge is 0.465 e. The summed E-state index contributed by atoms with van der Waals surface area (Å²) in [6.07, 6.45) is 1.70. The van der Waals surface area contributed by atoms with Gasteiger partial charge in [-0.2, -0.15) is 0 Å². The highest BCUT2D eigenvalue weighted by atomic mass is 32.2. The van der Waals surface area contributed by atoms with Gasteiger partial charge in [0, 0.05) is 12.1 Å². The molecule has 1 aromatic heterocycles. The first-order valence-corrected chi connectivity index (χ1v) is 8.89. The number of para-hydroxylation sites is 1. The maximum Gasteiger partial charge on any atom is 0.319 e. The van der Waals surface area contributed by atoms with Gasteiger partial charge in [-0.15, -0.1) is 10.2 Å². The summed E-state index contributed by atoms with van der Waals surface area (Å²) in [6.45, 7) is 4.71. The molecular weight excluding hydrogens is 318 g/mol. The van der Waals surface area contributed by atoms with Crippen molar-refractivity contribution in [3.8, 4) is 0 Å². The van der Waals surface area contributed by atoms with Crippen LogP contribution in [0.2, 0.25) is 0 Å². The first-order chi connectivity index (χ1) is 10.7. The van der Waals surface area contributed by atoms with E-state index in [9.17, 15) is 4.79 Å². The minimum absolute atomic E-state index is 0.148. The molecule has 1 aliphatic rings. The predicted molar refractivity (Wildman–Crippen MR) is 89.0 cm³/mol. The summed E-state index contributed by atoms with van der Waals surface area (Å²) in [5.74, 6) is -0.151. The SMILES string of the molecule is CCc1cccc(C)c1Nc1nnc(S[C@@H]2CCOC2=O)s1. The minimum atomic E-state index is -0.151. The number of hydrogen-bond donors (Lipinski definition) is 1. The van der Waals surface area contributed by atoms with E-state index < -0.39 is 0 Å². The van der Waals surface area contributed by atoms with Crippen molar-refractivity contribution in [2.45, 2.75) is 36.3 Å². The predicted octanol–water partition coefficient (Wildman–Crippen LogP) is 3.56. The number of anilines is 2.